The fraction of sp³-hybridized carbons (Fsp3) is 0.235. The van der Waals surface area contributed by atoms with E-state index in [-0.39, 0.29) is 5.56 Å². The minimum Gasteiger partial charge on any atom is -0.496 e. The highest BCUT2D eigenvalue weighted by Crippen LogP contribution is 2.36. The number of carbonyl (C=O) groups is 1. The number of esters is 1. The zero-order valence-corrected chi connectivity index (χ0v) is 13.4. The highest BCUT2D eigenvalue weighted by Gasteiger charge is 2.30. The van der Waals surface area contributed by atoms with Gasteiger partial charge in [-0.25, -0.2) is 22.4 Å². The molecule has 0 aliphatic carbocycles. The molecule has 0 amide bonds. The molecule has 3 nitrogen and oxygen atoms in total. The Morgan fingerprint density at radius 1 is 0.875 bits per heavy atom. The molecule has 2 rings (SSSR count). The van der Waals surface area contributed by atoms with Gasteiger partial charge in [0.25, 0.3) is 0 Å². The van der Waals surface area contributed by atoms with Crippen LogP contribution in [-0.4, -0.2) is 20.2 Å². The van der Waals surface area contributed by atoms with Crippen molar-refractivity contribution in [1.29, 1.82) is 0 Å². The Morgan fingerprint density at radius 3 is 1.71 bits per heavy atom. The van der Waals surface area contributed by atoms with Crippen LogP contribution >= 0.6 is 0 Å². The minimum atomic E-state index is -1.80. The maximum absolute atomic E-state index is 14.3. The number of rotatable bonds is 3. The Hall–Kier alpha value is -2.57. The third-order valence-electron chi connectivity index (χ3n) is 3.61. The Kier molecular flexibility index (Phi) is 4.82. The number of hydrogen-bond donors (Lipinski definition) is 0. The van der Waals surface area contributed by atoms with Crippen LogP contribution in [0.5, 0.6) is 5.75 Å². The van der Waals surface area contributed by atoms with Gasteiger partial charge >= 0.3 is 5.97 Å². The van der Waals surface area contributed by atoms with E-state index in [4.69, 9.17) is 4.74 Å². The molecular formula is C17H14F4O3. The molecule has 2 aromatic carbocycles. The number of benzene rings is 2. The summed E-state index contributed by atoms with van der Waals surface area (Å²) >= 11 is 0. The Labute approximate surface area is 135 Å². The minimum absolute atomic E-state index is 0.0741. The standard InChI is InChI=1S/C17H14F4O3/c1-7-5-9(6-8(2)16(7)23-3)10-12(18)14(20)11(17(22)24-4)15(21)13(10)19/h5-6H,1-4H3. The zero-order valence-electron chi connectivity index (χ0n) is 13.4. The number of methoxy groups -OCH3 is 2. The molecule has 0 aliphatic rings. The van der Waals surface area contributed by atoms with E-state index in [2.05, 4.69) is 4.74 Å². The molecule has 2 aromatic rings. The maximum atomic E-state index is 14.3. The Bertz CT molecular complexity index is 779. The van der Waals surface area contributed by atoms with E-state index in [0.717, 1.165) is 7.11 Å². The molecule has 0 spiro atoms. The first-order valence-corrected chi connectivity index (χ1v) is 6.84. The summed E-state index contributed by atoms with van der Waals surface area (Å²) in [5.74, 6) is -7.96. The summed E-state index contributed by atoms with van der Waals surface area (Å²) in [7, 11) is 2.28. The summed E-state index contributed by atoms with van der Waals surface area (Å²) in [6.07, 6.45) is 0. The van der Waals surface area contributed by atoms with Gasteiger partial charge < -0.3 is 9.47 Å². The lowest BCUT2D eigenvalue weighted by Crippen LogP contribution is -2.13. The summed E-state index contributed by atoms with van der Waals surface area (Å²) in [5, 5.41) is 0. The molecule has 0 atom stereocenters. The van der Waals surface area contributed by atoms with E-state index < -0.39 is 40.4 Å². The van der Waals surface area contributed by atoms with Crippen molar-refractivity contribution in [2.75, 3.05) is 14.2 Å². The summed E-state index contributed by atoms with van der Waals surface area (Å²) in [5.41, 5.74) is -1.31. The average molecular weight is 342 g/mol. The van der Waals surface area contributed by atoms with E-state index in [9.17, 15) is 22.4 Å². The van der Waals surface area contributed by atoms with Crippen LogP contribution in [0.4, 0.5) is 17.6 Å². The lowest BCUT2D eigenvalue weighted by atomic mass is 9.97. The molecule has 0 aliphatic heterocycles. The quantitative estimate of drug-likeness (QED) is 0.473. The number of aryl methyl sites for hydroxylation is 2. The van der Waals surface area contributed by atoms with Crippen LogP contribution in [0.25, 0.3) is 11.1 Å². The van der Waals surface area contributed by atoms with Gasteiger partial charge in [0, 0.05) is 0 Å². The second kappa shape index (κ2) is 6.51. The average Bonchev–Trinajstić information content (AvgIpc) is 2.53. The number of hydrogen-bond acceptors (Lipinski definition) is 3. The number of carbonyl (C=O) groups excluding carboxylic acids is 1. The summed E-state index contributed by atoms with van der Waals surface area (Å²) < 4.78 is 66.0. The van der Waals surface area contributed by atoms with E-state index in [1.165, 1.54) is 19.2 Å². The topological polar surface area (TPSA) is 35.5 Å². The molecular weight excluding hydrogens is 328 g/mol. The van der Waals surface area contributed by atoms with Gasteiger partial charge in [0.05, 0.1) is 19.8 Å². The van der Waals surface area contributed by atoms with Gasteiger partial charge in [-0.15, -0.1) is 0 Å². The van der Waals surface area contributed by atoms with Gasteiger partial charge in [-0.1, -0.05) is 0 Å². The van der Waals surface area contributed by atoms with Crippen molar-refractivity contribution in [3.63, 3.8) is 0 Å². The van der Waals surface area contributed by atoms with E-state index in [1.807, 2.05) is 0 Å². The van der Waals surface area contributed by atoms with Gasteiger partial charge in [0.1, 0.15) is 11.3 Å². The fourth-order valence-corrected chi connectivity index (χ4v) is 2.58. The fourth-order valence-electron chi connectivity index (χ4n) is 2.58. The molecule has 0 N–H and O–H groups in total. The van der Waals surface area contributed by atoms with Crippen LogP contribution in [0.15, 0.2) is 12.1 Å². The largest absolute Gasteiger partial charge is 0.496 e. The van der Waals surface area contributed by atoms with Crippen LogP contribution < -0.4 is 4.74 Å². The Morgan fingerprint density at radius 2 is 1.33 bits per heavy atom. The van der Waals surface area contributed by atoms with Crippen molar-refractivity contribution in [3.05, 3.63) is 52.1 Å². The van der Waals surface area contributed by atoms with Crippen LogP contribution in [0.1, 0.15) is 21.5 Å². The maximum Gasteiger partial charge on any atom is 0.344 e. The smallest absolute Gasteiger partial charge is 0.344 e. The number of ether oxygens (including phenoxy) is 2. The van der Waals surface area contributed by atoms with Crippen molar-refractivity contribution >= 4 is 5.97 Å². The predicted molar refractivity (Wildman–Crippen MR) is 79.1 cm³/mol. The van der Waals surface area contributed by atoms with E-state index in [0.29, 0.717) is 16.9 Å². The molecule has 0 saturated heterocycles. The first-order chi connectivity index (χ1) is 11.2. The SMILES string of the molecule is COC(=O)c1c(F)c(F)c(-c2cc(C)c(OC)c(C)c2)c(F)c1F. The predicted octanol–water partition coefficient (Wildman–Crippen LogP) is 4.32. The molecule has 0 saturated carbocycles. The Balaban J connectivity index is 2.80. The molecule has 0 heterocycles. The van der Waals surface area contributed by atoms with Crippen molar-refractivity contribution in [2.45, 2.75) is 13.8 Å². The second-order valence-electron chi connectivity index (χ2n) is 5.14. The lowest BCUT2D eigenvalue weighted by Gasteiger charge is -2.14. The monoisotopic (exact) mass is 342 g/mol. The van der Waals surface area contributed by atoms with Crippen LogP contribution in [-0.2, 0) is 4.74 Å². The van der Waals surface area contributed by atoms with Crippen molar-refractivity contribution in [1.82, 2.24) is 0 Å². The van der Waals surface area contributed by atoms with Crippen LogP contribution in [0.2, 0.25) is 0 Å². The normalized spacial score (nSPS) is 10.7. The first kappa shape index (κ1) is 17.8. The third-order valence-corrected chi connectivity index (χ3v) is 3.61. The van der Waals surface area contributed by atoms with Crippen molar-refractivity contribution < 1.29 is 31.8 Å². The first-order valence-electron chi connectivity index (χ1n) is 6.84. The highest BCUT2D eigenvalue weighted by molar-refractivity contribution is 5.91. The summed E-state index contributed by atoms with van der Waals surface area (Å²) in [6, 6.07) is 2.67. The van der Waals surface area contributed by atoms with Crippen molar-refractivity contribution in [3.8, 4) is 16.9 Å². The molecule has 0 unspecified atom stereocenters. The number of halogens is 4. The molecule has 0 aromatic heterocycles. The van der Waals surface area contributed by atoms with Gasteiger partial charge in [-0.3, -0.25) is 0 Å². The molecule has 24 heavy (non-hydrogen) atoms. The highest BCUT2D eigenvalue weighted by atomic mass is 19.2. The van der Waals surface area contributed by atoms with Gasteiger partial charge in [0.2, 0.25) is 0 Å². The molecule has 128 valence electrons. The van der Waals surface area contributed by atoms with Crippen LogP contribution in [0, 0.1) is 37.1 Å². The molecule has 7 heteroatoms. The summed E-state index contributed by atoms with van der Waals surface area (Å²) in [6.45, 7) is 3.25. The van der Waals surface area contributed by atoms with Gasteiger partial charge in [-0.2, -0.15) is 0 Å². The van der Waals surface area contributed by atoms with Gasteiger partial charge in [0.15, 0.2) is 23.3 Å². The van der Waals surface area contributed by atoms with Gasteiger partial charge in [-0.05, 0) is 42.7 Å². The lowest BCUT2D eigenvalue weighted by molar-refractivity contribution is 0.0587. The molecule has 0 fully saturated rings. The van der Waals surface area contributed by atoms with E-state index in [1.54, 1.807) is 13.8 Å². The molecule has 0 radical (unpaired) electrons. The second-order valence-corrected chi connectivity index (χ2v) is 5.14. The van der Waals surface area contributed by atoms with Crippen LogP contribution in [0.3, 0.4) is 0 Å². The molecule has 0 bridgehead atoms. The summed E-state index contributed by atoms with van der Waals surface area (Å²) in [4.78, 5) is 11.3. The van der Waals surface area contributed by atoms with Crippen molar-refractivity contribution in [2.24, 2.45) is 0 Å². The zero-order chi connectivity index (χ0) is 18.2. The van der Waals surface area contributed by atoms with E-state index >= 15 is 0 Å². The third kappa shape index (κ3) is 2.70.